The van der Waals surface area contributed by atoms with E-state index in [1.807, 2.05) is 11.3 Å². The van der Waals surface area contributed by atoms with E-state index in [0.29, 0.717) is 0 Å². The summed E-state index contributed by atoms with van der Waals surface area (Å²) in [6.07, 6.45) is 1.10. The smallest absolute Gasteiger partial charge is 0.0729 e. The van der Waals surface area contributed by atoms with Crippen molar-refractivity contribution in [1.29, 1.82) is 0 Å². The summed E-state index contributed by atoms with van der Waals surface area (Å²) in [4.78, 5) is 2.72. The zero-order valence-corrected chi connectivity index (χ0v) is 12.8. The molecule has 0 saturated heterocycles. The fraction of sp³-hybridized carbons (Fsp3) is 0.714. The molecule has 2 heteroatoms. The van der Waals surface area contributed by atoms with Crippen LogP contribution >= 0.6 is 22.9 Å². The molecule has 1 rings (SSSR count). The quantitative estimate of drug-likeness (QED) is 0.605. The molecule has 0 aliphatic rings. The molecule has 0 spiro atoms. The Kier molecular flexibility index (Phi) is 4.13. The molecule has 0 bridgehead atoms. The number of alkyl halides is 1. The topological polar surface area (TPSA) is 0 Å². The van der Waals surface area contributed by atoms with Crippen LogP contribution in [0.2, 0.25) is 0 Å². The molecule has 1 aromatic heterocycles. The molecule has 0 fully saturated rings. The molecule has 1 heterocycles. The summed E-state index contributed by atoms with van der Waals surface area (Å²) >= 11 is 8.43. The van der Waals surface area contributed by atoms with Gasteiger partial charge in [0.2, 0.25) is 0 Å². The van der Waals surface area contributed by atoms with Crippen LogP contribution in [-0.4, -0.2) is 0 Å². The SMILES string of the molecule is CCC(C)(C)C(Cl)c1ccc(C(C)(C)C)s1. The minimum atomic E-state index is 0.124. The maximum Gasteiger partial charge on any atom is 0.0729 e. The van der Waals surface area contributed by atoms with Gasteiger partial charge in [-0.1, -0.05) is 41.5 Å². The number of halogens is 1. The normalized spacial score (nSPS) is 15.2. The van der Waals surface area contributed by atoms with Gasteiger partial charge >= 0.3 is 0 Å². The summed E-state index contributed by atoms with van der Waals surface area (Å²) in [6, 6.07) is 4.42. The van der Waals surface area contributed by atoms with E-state index in [9.17, 15) is 0 Å². The van der Waals surface area contributed by atoms with Crippen LogP contribution in [0, 0.1) is 5.41 Å². The largest absolute Gasteiger partial charge is 0.143 e. The van der Waals surface area contributed by atoms with Crippen LogP contribution < -0.4 is 0 Å². The van der Waals surface area contributed by atoms with Gasteiger partial charge in [0, 0.05) is 9.75 Å². The average Bonchev–Trinajstić information content (AvgIpc) is 2.64. The van der Waals surface area contributed by atoms with Crippen molar-refractivity contribution in [2.24, 2.45) is 5.41 Å². The molecule has 0 nitrogen and oxygen atoms in total. The predicted molar refractivity (Wildman–Crippen MR) is 75.7 cm³/mol. The van der Waals surface area contributed by atoms with Crippen LogP contribution in [0.3, 0.4) is 0 Å². The van der Waals surface area contributed by atoms with Crippen molar-refractivity contribution in [3.63, 3.8) is 0 Å². The van der Waals surface area contributed by atoms with Gasteiger partial charge in [0.1, 0.15) is 0 Å². The first-order valence-corrected chi connectivity index (χ1v) is 7.18. The Morgan fingerprint density at radius 1 is 1.19 bits per heavy atom. The second-order valence-corrected chi connectivity index (χ2v) is 7.71. The number of thiophene rings is 1. The van der Waals surface area contributed by atoms with E-state index in [-0.39, 0.29) is 16.2 Å². The van der Waals surface area contributed by atoms with Gasteiger partial charge in [-0.3, -0.25) is 0 Å². The molecular formula is C14H23ClS. The summed E-state index contributed by atoms with van der Waals surface area (Å²) < 4.78 is 0. The molecule has 0 aliphatic carbocycles. The molecular weight excluding hydrogens is 236 g/mol. The molecule has 0 N–H and O–H groups in total. The van der Waals surface area contributed by atoms with Gasteiger partial charge in [-0.25, -0.2) is 0 Å². The maximum atomic E-state index is 6.57. The van der Waals surface area contributed by atoms with Gasteiger partial charge in [0.05, 0.1) is 5.38 Å². The lowest BCUT2D eigenvalue weighted by atomic mass is 9.85. The van der Waals surface area contributed by atoms with Crippen molar-refractivity contribution in [2.45, 2.75) is 58.8 Å². The van der Waals surface area contributed by atoms with Gasteiger partial charge in [0.25, 0.3) is 0 Å². The molecule has 1 unspecified atom stereocenters. The molecule has 1 atom stereocenters. The third kappa shape index (κ3) is 3.01. The van der Waals surface area contributed by atoms with Crippen molar-refractivity contribution in [3.8, 4) is 0 Å². The summed E-state index contributed by atoms with van der Waals surface area (Å²) in [5, 5.41) is 0.124. The van der Waals surface area contributed by atoms with Gasteiger partial charge in [-0.2, -0.15) is 0 Å². The van der Waals surface area contributed by atoms with Crippen LogP contribution in [0.15, 0.2) is 12.1 Å². The zero-order valence-electron chi connectivity index (χ0n) is 11.2. The van der Waals surface area contributed by atoms with E-state index in [1.54, 1.807) is 0 Å². The van der Waals surface area contributed by atoms with Gasteiger partial charge in [0.15, 0.2) is 0 Å². The highest BCUT2D eigenvalue weighted by Gasteiger charge is 2.29. The van der Waals surface area contributed by atoms with E-state index < -0.39 is 0 Å². The maximum absolute atomic E-state index is 6.57. The Bertz CT molecular complexity index is 344. The molecule has 0 aromatic carbocycles. The fourth-order valence-electron chi connectivity index (χ4n) is 1.46. The Labute approximate surface area is 109 Å². The molecule has 1 aromatic rings. The summed E-state index contributed by atoms with van der Waals surface area (Å²) in [6.45, 7) is 13.4. The first-order chi connectivity index (χ1) is 7.18. The molecule has 0 radical (unpaired) electrons. The second kappa shape index (κ2) is 4.70. The van der Waals surface area contributed by atoms with E-state index in [1.165, 1.54) is 9.75 Å². The minimum absolute atomic E-state index is 0.124. The van der Waals surface area contributed by atoms with Crippen molar-refractivity contribution in [2.75, 3.05) is 0 Å². The highest BCUT2D eigenvalue weighted by molar-refractivity contribution is 7.12. The van der Waals surface area contributed by atoms with Crippen LogP contribution in [0.1, 0.15) is 63.1 Å². The Balaban J connectivity index is 2.95. The van der Waals surface area contributed by atoms with Crippen molar-refractivity contribution in [1.82, 2.24) is 0 Å². The highest BCUT2D eigenvalue weighted by Crippen LogP contribution is 2.45. The molecule has 0 saturated carbocycles. The lowest BCUT2D eigenvalue weighted by molar-refractivity contribution is 0.339. The van der Waals surface area contributed by atoms with E-state index in [2.05, 4.69) is 53.7 Å². The van der Waals surface area contributed by atoms with Crippen LogP contribution in [0.5, 0.6) is 0 Å². The Morgan fingerprint density at radius 2 is 1.75 bits per heavy atom. The standard InChI is InChI=1S/C14H23ClS/c1-7-14(5,6)12(15)10-8-9-11(16-10)13(2,3)4/h8-9,12H,7H2,1-6H3. The van der Waals surface area contributed by atoms with Crippen molar-refractivity contribution < 1.29 is 0 Å². The van der Waals surface area contributed by atoms with Crippen LogP contribution in [0.4, 0.5) is 0 Å². The Hall–Kier alpha value is -0.0100. The highest BCUT2D eigenvalue weighted by atomic mass is 35.5. The lowest BCUT2D eigenvalue weighted by Gasteiger charge is -2.28. The van der Waals surface area contributed by atoms with E-state index in [4.69, 9.17) is 11.6 Å². The number of rotatable bonds is 3. The first kappa shape index (κ1) is 14.1. The molecule has 0 aliphatic heterocycles. The van der Waals surface area contributed by atoms with Crippen LogP contribution in [0.25, 0.3) is 0 Å². The van der Waals surface area contributed by atoms with E-state index >= 15 is 0 Å². The molecule has 16 heavy (non-hydrogen) atoms. The zero-order chi connectivity index (χ0) is 12.6. The monoisotopic (exact) mass is 258 g/mol. The third-order valence-corrected chi connectivity index (χ3v) is 5.74. The average molecular weight is 259 g/mol. The number of hydrogen-bond donors (Lipinski definition) is 0. The van der Waals surface area contributed by atoms with Crippen molar-refractivity contribution >= 4 is 22.9 Å². The van der Waals surface area contributed by atoms with E-state index in [0.717, 1.165) is 6.42 Å². The summed E-state index contributed by atoms with van der Waals surface area (Å²) in [7, 11) is 0. The van der Waals surface area contributed by atoms with Gasteiger partial charge in [-0.15, -0.1) is 22.9 Å². The summed E-state index contributed by atoms with van der Waals surface area (Å²) in [5.41, 5.74) is 0.400. The summed E-state index contributed by atoms with van der Waals surface area (Å²) in [5.74, 6) is 0. The predicted octanol–water partition coefficient (Wildman–Crippen LogP) is 5.76. The number of hydrogen-bond acceptors (Lipinski definition) is 1. The minimum Gasteiger partial charge on any atom is -0.143 e. The Morgan fingerprint density at radius 3 is 2.12 bits per heavy atom. The van der Waals surface area contributed by atoms with Crippen molar-refractivity contribution in [3.05, 3.63) is 21.9 Å². The van der Waals surface area contributed by atoms with Gasteiger partial charge < -0.3 is 0 Å². The molecule has 92 valence electrons. The third-order valence-electron chi connectivity index (χ3n) is 3.21. The fourth-order valence-corrected chi connectivity index (χ4v) is 3.07. The molecule has 0 amide bonds. The van der Waals surface area contributed by atoms with Crippen LogP contribution in [-0.2, 0) is 5.41 Å². The van der Waals surface area contributed by atoms with Gasteiger partial charge in [-0.05, 0) is 29.4 Å². The second-order valence-electron chi connectivity index (χ2n) is 6.16. The lowest BCUT2D eigenvalue weighted by Crippen LogP contribution is -2.16. The first-order valence-electron chi connectivity index (χ1n) is 5.93.